The van der Waals surface area contributed by atoms with Crippen molar-refractivity contribution in [1.29, 1.82) is 0 Å². The highest BCUT2D eigenvalue weighted by molar-refractivity contribution is 8.00. The Morgan fingerprint density at radius 2 is 1.74 bits per heavy atom. The van der Waals surface area contributed by atoms with Gasteiger partial charge in [0, 0.05) is 18.0 Å². The molecule has 0 aliphatic carbocycles. The van der Waals surface area contributed by atoms with Gasteiger partial charge in [-0.25, -0.2) is 9.37 Å². The Kier molecular flexibility index (Phi) is 9.75. The van der Waals surface area contributed by atoms with Gasteiger partial charge in [-0.15, -0.1) is 24.2 Å². The fourth-order valence-corrected chi connectivity index (χ4v) is 5.03. The van der Waals surface area contributed by atoms with Crippen LogP contribution in [0.25, 0.3) is 10.2 Å². The molecule has 2 aromatic carbocycles. The summed E-state index contributed by atoms with van der Waals surface area (Å²) in [5, 5.41) is 0.746. The maximum Gasteiger partial charge on any atom is 0.239 e. The number of nitrogens with zero attached hydrogens (tertiary/aromatic N) is 3. The van der Waals surface area contributed by atoms with E-state index in [-0.39, 0.29) is 29.9 Å². The monoisotopic (exact) mass is 481 g/mol. The van der Waals surface area contributed by atoms with Gasteiger partial charge in [0.15, 0.2) is 5.13 Å². The summed E-state index contributed by atoms with van der Waals surface area (Å²) >= 11 is 2.99. The molecule has 0 spiro atoms. The molecule has 4 nitrogen and oxygen atoms in total. The summed E-state index contributed by atoms with van der Waals surface area (Å²) in [6.07, 6.45) is 0. The van der Waals surface area contributed by atoms with Gasteiger partial charge in [-0.1, -0.05) is 31.3 Å². The number of carbonyl (C=O) groups is 1. The number of hydrogen-bond donors (Lipinski definition) is 0. The second kappa shape index (κ2) is 11.8. The van der Waals surface area contributed by atoms with Crippen molar-refractivity contribution in [3.63, 3.8) is 0 Å². The number of amides is 1. The molecule has 0 atom stereocenters. The maximum absolute atomic E-state index is 13.2. The minimum atomic E-state index is -0.272. The Bertz CT molecular complexity index is 1010. The Morgan fingerprint density at radius 1 is 1.06 bits per heavy atom. The third-order valence-corrected chi connectivity index (χ3v) is 7.36. The van der Waals surface area contributed by atoms with E-state index in [9.17, 15) is 9.18 Å². The number of halogens is 2. The molecule has 0 unspecified atom stereocenters. The summed E-state index contributed by atoms with van der Waals surface area (Å²) in [5.74, 6) is 0.0363. The highest BCUT2D eigenvalue weighted by atomic mass is 35.5. The van der Waals surface area contributed by atoms with E-state index in [1.165, 1.54) is 29.5 Å². The lowest BCUT2D eigenvalue weighted by Gasteiger charge is -2.24. The molecule has 0 aliphatic heterocycles. The molecule has 8 heteroatoms. The molecule has 0 radical (unpaired) electrons. The molecule has 0 N–H and O–H groups in total. The average molecular weight is 482 g/mol. The van der Waals surface area contributed by atoms with Gasteiger partial charge in [0.1, 0.15) is 5.82 Å². The lowest BCUT2D eigenvalue weighted by molar-refractivity contribution is -0.116. The molecule has 1 amide bonds. The molecule has 1 aromatic heterocycles. The summed E-state index contributed by atoms with van der Waals surface area (Å²) in [4.78, 5) is 23.0. The van der Waals surface area contributed by atoms with Gasteiger partial charge >= 0.3 is 0 Å². The summed E-state index contributed by atoms with van der Waals surface area (Å²) in [7, 11) is 0. The van der Waals surface area contributed by atoms with E-state index >= 15 is 0 Å². The fraction of sp³-hybridized carbons (Fsp3) is 0.391. The standard InChI is InChI=1S/C23H28FN3OS2.ClH/c1-5-26(6-2)13-14-27(21(28)15-29-19-10-8-18(24)9-11-19)23-25-22-17(4)16(3)7-12-20(22)30-23;/h7-12H,5-6,13-15H2,1-4H3;1H. The normalized spacial score (nSPS) is 11.0. The van der Waals surface area contributed by atoms with Crippen molar-refractivity contribution in [3.05, 3.63) is 53.3 Å². The van der Waals surface area contributed by atoms with Crippen molar-refractivity contribution in [2.45, 2.75) is 32.6 Å². The third-order valence-electron chi connectivity index (χ3n) is 5.32. The zero-order chi connectivity index (χ0) is 21.7. The molecule has 3 rings (SSSR count). The van der Waals surface area contributed by atoms with Gasteiger partial charge in [-0.05, 0) is 68.4 Å². The van der Waals surface area contributed by atoms with Gasteiger partial charge in [0.25, 0.3) is 0 Å². The van der Waals surface area contributed by atoms with Crippen LogP contribution in [0, 0.1) is 19.7 Å². The number of likely N-dealkylation sites (N-methyl/N-ethyl adjacent to an activating group) is 1. The summed E-state index contributed by atoms with van der Waals surface area (Å²) in [6.45, 7) is 11.7. The first-order valence-corrected chi connectivity index (χ1v) is 12.0. The van der Waals surface area contributed by atoms with Crippen LogP contribution in [0.2, 0.25) is 0 Å². The zero-order valence-electron chi connectivity index (χ0n) is 18.4. The van der Waals surface area contributed by atoms with Gasteiger partial charge in [-0.3, -0.25) is 9.69 Å². The lowest BCUT2D eigenvalue weighted by Crippen LogP contribution is -2.39. The van der Waals surface area contributed by atoms with Crippen molar-refractivity contribution < 1.29 is 9.18 Å². The van der Waals surface area contributed by atoms with Crippen LogP contribution in [-0.4, -0.2) is 47.7 Å². The largest absolute Gasteiger partial charge is 0.302 e. The van der Waals surface area contributed by atoms with Crippen LogP contribution >= 0.6 is 35.5 Å². The molecule has 3 aromatic rings. The fourth-order valence-electron chi connectivity index (χ4n) is 3.19. The quantitative estimate of drug-likeness (QED) is 0.354. The van der Waals surface area contributed by atoms with E-state index in [1.807, 2.05) is 4.90 Å². The van der Waals surface area contributed by atoms with Gasteiger partial charge in [0.05, 0.1) is 16.0 Å². The molecule has 1 heterocycles. The predicted octanol–water partition coefficient (Wildman–Crippen LogP) is 5.94. The highest BCUT2D eigenvalue weighted by Gasteiger charge is 2.21. The van der Waals surface area contributed by atoms with Crippen molar-refractivity contribution in [3.8, 4) is 0 Å². The first-order chi connectivity index (χ1) is 14.4. The van der Waals surface area contributed by atoms with Crippen LogP contribution in [0.15, 0.2) is 41.3 Å². The van der Waals surface area contributed by atoms with E-state index in [2.05, 4.69) is 44.7 Å². The summed E-state index contributed by atoms with van der Waals surface area (Å²) in [5.41, 5.74) is 3.33. The molecular weight excluding hydrogens is 453 g/mol. The number of anilines is 1. The molecule has 0 bridgehead atoms. The molecule has 0 saturated carbocycles. The molecule has 0 aliphatic rings. The lowest BCUT2D eigenvalue weighted by atomic mass is 10.1. The van der Waals surface area contributed by atoms with Gasteiger partial charge in [0.2, 0.25) is 5.91 Å². The zero-order valence-corrected chi connectivity index (χ0v) is 20.8. The molecular formula is C23H29ClFN3OS2. The Labute approximate surface area is 198 Å². The van der Waals surface area contributed by atoms with Crippen molar-refractivity contribution in [2.24, 2.45) is 0 Å². The third kappa shape index (κ3) is 6.42. The van der Waals surface area contributed by atoms with Gasteiger partial charge in [-0.2, -0.15) is 0 Å². The van der Waals surface area contributed by atoms with E-state index < -0.39 is 0 Å². The number of fused-ring (bicyclic) bond motifs is 1. The number of benzene rings is 2. The molecule has 168 valence electrons. The minimum Gasteiger partial charge on any atom is -0.302 e. The average Bonchev–Trinajstić information content (AvgIpc) is 3.18. The highest BCUT2D eigenvalue weighted by Crippen LogP contribution is 2.32. The Morgan fingerprint density at radius 3 is 2.39 bits per heavy atom. The van der Waals surface area contributed by atoms with Gasteiger partial charge < -0.3 is 4.90 Å². The first-order valence-electron chi connectivity index (χ1n) is 10.2. The van der Waals surface area contributed by atoms with Crippen molar-refractivity contribution in [1.82, 2.24) is 9.88 Å². The molecule has 0 fully saturated rings. The van der Waals surface area contributed by atoms with Crippen LogP contribution in [0.1, 0.15) is 25.0 Å². The van der Waals surface area contributed by atoms with Crippen LogP contribution < -0.4 is 4.90 Å². The Balaban J connectivity index is 0.00000341. The van der Waals surface area contributed by atoms with Crippen LogP contribution in [0.3, 0.4) is 0 Å². The number of thiazole rings is 1. The first kappa shape index (κ1) is 25.6. The minimum absolute atomic E-state index is 0. The second-order valence-corrected chi connectivity index (χ2v) is 9.22. The summed E-state index contributed by atoms with van der Waals surface area (Å²) in [6, 6.07) is 10.4. The smallest absolute Gasteiger partial charge is 0.239 e. The molecule has 0 saturated heterocycles. The number of thioether (sulfide) groups is 1. The van der Waals surface area contributed by atoms with Crippen molar-refractivity contribution in [2.75, 3.05) is 36.8 Å². The van der Waals surface area contributed by atoms with E-state index in [4.69, 9.17) is 4.98 Å². The number of carbonyl (C=O) groups excluding carboxylic acids is 1. The maximum atomic E-state index is 13.2. The van der Waals surface area contributed by atoms with E-state index in [1.54, 1.807) is 23.5 Å². The predicted molar refractivity (Wildman–Crippen MR) is 134 cm³/mol. The van der Waals surface area contributed by atoms with E-state index in [0.29, 0.717) is 6.54 Å². The number of rotatable bonds is 9. The number of aromatic nitrogens is 1. The summed E-state index contributed by atoms with van der Waals surface area (Å²) < 4.78 is 14.2. The number of hydrogen-bond acceptors (Lipinski definition) is 5. The SMILES string of the molecule is CCN(CC)CCN(C(=O)CSc1ccc(F)cc1)c1nc2c(C)c(C)ccc2s1.Cl. The van der Waals surface area contributed by atoms with Crippen LogP contribution in [0.4, 0.5) is 9.52 Å². The molecule has 31 heavy (non-hydrogen) atoms. The Hall–Kier alpha value is -1.67. The number of aryl methyl sites for hydroxylation is 2. The van der Waals surface area contributed by atoms with Crippen LogP contribution in [0.5, 0.6) is 0 Å². The van der Waals surface area contributed by atoms with Crippen molar-refractivity contribution >= 4 is 56.8 Å². The second-order valence-electron chi connectivity index (χ2n) is 7.17. The topological polar surface area (TPSA) is 36.4 Å². The van der Waals surface area contributed by atoms with E-state index in [0.717, 1.165) is 45.4 Å². The van der Waals surface area contributed by atoms with Crippen LogP contribution in [-0.2, 0) is 4.79 Å².